The van der Waals surface area contributed by atoms with Crippen molar-refractivity contribution < 1.29 is 14.5 Å². The highest BCUT2D eigenvalue weighted by molar-refractivity contribution is 7.91. The van der Waals surface area contributed by atoms with Crippen LogP contribution in [0.15, 0.2) is 4.40 Å². The molecule has 1 unspecified atom stereocenters. The molecule has 1 aliphatic rings. The summed E-state index contributed by atoms with van der Waals surface area (Å²) in [5.41, 5.74) is 0. The third-order valence-electron chi connectivity index (χ3n) is 2.40. The molecule has 1 saturated heterocycles. The van der Waals surface area contributed by atoms with E-state index >= 15 is 0 Å². The SMILES string of the molecule is CC(C)(C)[S+]([O-])/N=C/[C@H]1CCCN1C(=O)O. The van der Waals surface area contributed by atoms with Crippen LogP contribution in [0.25, 0.3) is 0 Å². The predicted octanol–water partition coefficient (Wildman–Crippen LogP) is 1.66. The lowest BCUT2D eigenvalue weighted by atomic mass is 10.2. The lowest BCUT2D eigenvalue weighted by molar-refractivity contribution is 0.150. The molecule has 0 radical (unpaired) electrons. The van der Waals surface area contributed by atoms with E-state index in [-0.39, 0.29) is 6.04 Å². The zero-order valence-corrected chi connectivity index (χ0v) is 10.7. The van der Waals surface area contributed by atoms with Crippen molar-refractivity contribution in [3.8, 4) is 0 Å². The Labute approximate surface area is 98.9 Å². The maximum absolute atomic E-state index is 11.6. The first kappa shape index (κ1) is 13.3. The van der Waals surface area contributed by atoms with Gasteiger partial charge in [-0.2, -0.15) is 0 Å². The maximum Gasteiger partial charge on any atom is 0.407 e. The average molecular weight is 246 g/mol. The molecule has 6 heteroatoms. The van der Waals surface area contributed by atoms with E-state index in [4.69, 9.17) is 5.11 Å². The van der Waals surface area contributed by atoms with Crippen molar-refractivity contribution in [3.63, 3.8) is 0 Å². The monoisotopic (exact) mass is 246 g/mol. The summed E-state index contributed by atoms with van der Waals surface area (Å²) >= 11 is -1.31. The normalized spacial score (nSPS) is 24.0. The van der Waals surface area contributed by atoms with E-state index in [2.05, 4.69) is 4.40 Å². The van der Waals surface area contributed by atoms with Gasteiger partial charge in [0, 0.05) is 6.54 Å². The van der Waals surface area contributed by atoms with Crippen molar-refractivity contribution >= 4 is 23.7 Å². The van der Waals surface area contributed by atoms with Gasteiger partial charge in [0.05, 0.1) is 12.3 Å². The summed E-state index contributed by atoms with van der Waals surface area (Å²) in [7, 11) is 0. The molecule has 5 nitrogen and oxygen atoms in total. The Morgan fingerprint density at radius 2 is 2.25 bits per heavy atom. The van der Waals surface area contributed by atoms with Gasteiger partial charge in [0.25, 0.3) is 0 Å². The fourth-order valence-electron chi connectivity index (χ4n) is 1.47. The smallest absolute Gasteiger partial charge is 0.407 e. The van der Waals surface area contributed by atoms with Gasteiger partial charge in [-0.15, -0.1) is 0 Å². The van der Waals surface area contributed by atoms with Crippen molar-refractivity contribution in [2.24, 2.45) is 4.40 Å². The molecule has 2 atom stereocenters. The van der Waals surface area contributed by atoms with Crippen LogP contribution in [0.2, 0.25) is 0 Å². The molecule has 0 saturated carbocycles. The highest BCUT2D eigenvalue weighted by Gasteiger charge is 2.30. The summed E-state index contributed by atoms with van der Waals surface area (Å²) in [6.07, 6.45) is 2.18. The van der Waals surface area contributed by atoms with Gasteiger partial charge in [-0.05, 0) is 33.6 Å². The summed E-state index contributed by atoms with van der Waals surface area (Å²) in [5.74, 6) is 0. The van der Waals surface area contributed by atoms with E-state index in [1.165, 1.54) is 11.1 Å². The van der Waals surface area contributed by atoms with Crippen LogP contribution >= 0.6 is 0 Å². The Kier molecular flexibility index (Phi) is 4.21. The highest BCUT2D eigenvalue weighted by Crippen LogP contribution is 2.19. The summed E-state index contributed by atoms with van der Waals surface area (Å²) in [4.78, 5) is 12.2. The fraction of sp³-hybridized carbons (Fsp3) is 0.800. The number of hydrogen-bond donors (Lipinski definition) is 1. The summed E-state index contributed by atoms with van der Waals surface area (Å²) in [5, 5.41) is 8.90. The minimum atomic E-state index is -1.31. The Hall–Kier alpha value is -0.750. The minimum Gasteiger partial charge on any atom is -0.591 e. The molecule has 0 aromatic carbocycles. The molecule has 0 aromatic heterocycles. The molecule has 0 aromatic rings. The number of rotatable bonds is 2. The number of carboxylic acid groups (broad SMARTS) is 1. The zero-order valence-electron chi connectivity index (χ0n) is 9.84. The fourth-order valence-corrected chi connectivity index (χ4v) is 2.04. The third kappa shape index (κ3) is 3.38. The Bertz CT molecular complexity index is 288. The number of hydrogen-bond acceptors (Lipinski definition) is 3. The number of likely N-dealkylation sites (tertiary alicyclic amines) is 1. The quantitative estimate of drug-likeness (QED) is 0.594. The van der Waals surface area contributed by atoms with Gasteiger partial charge in [0.1, 0.15) is 16.1 Å². The third-order valence-corrected chi connectivity index (χ3v) is 3.76. The second kappa shape index (κ2) is 5.05. The highest BCUT2D eigenvalue weighted by atomic mass is 32.2. The largest absolute Gasteiger partial charge is 0.591 e. The predicted molar refractivity (Wildman–Crippen MR) is 64.1 cm³/mol. The van der Waals surface area contributed by atoms with Gasteiger partial charge in [-0.1, -0.05) is 4.40 Å². The maximum atomic E-state index is 11.6. The summed E-state index contributed by atoms with van der Waals surface area (Å²) < 4.78 is 15.2. The van der Waals surface area contributed by atoms with Crippen LogP contribution in [0.3, 0.4) is 0 Å². The molecule has 0 spiro atoms. The second-order valence-electron chi connectivity index (χ2n) is 4.80. The van der Waals surface area contributed by atoms with E-state index in [9.17, 15) is 9.35 Å². The molecular weight excluding hydrogens is 228 g/mol. The molecule has 1 N–H and O–H groups in total. The van der Waals surface area contributed by atoms with Gasteiger partial charge >= 0.3 is 6.09 Å². The van der Waals surface area contributed by atoms with E-state index in [1.807, 2.05) is 20.8 Å². The molecule has 92 valence electrons. The van der Waals surface area contributed by atoms with E-state index in [0.29, 0.717) is 6.54 Å². The molecule has 1 aliphatic heterocycles. The number of nitrogens with zero attached hydrogens (tertiary/aromatic N) is 2. The lowest BCUT2D eigenvalue weighted by Gasteiger charge is -2.20. The Morgan fingerprint density at radius 3 is 2.75 bits per heavy atom. The van der Waals surface area contributed by atoms with Crippen molar-refractivity contribution in [1.29, 1.82) is 0 Å². The zero-order chi connectivity index (χ0) is 12.3. The topological polar surface area (TPSA) is 76.0 Å². The molecular formula is C10H18N2O3S. The molecule has 0 aliphatic carbocycles. The van der Waals surface area contributed by atoms with Gasteiger partial charge < -0.3 is 14.6 Å². The first-order valence-corrected chi connectivity index (χ1v) is 6.39. The standard InChI is InChI=1S/C10H18N2O3S/c1-10(2,3)16(15)11-7-8-5-4-6-12(8)9(13)14/h7-8H,4-6H2,1-3H3,(H,13,14)/b11-7+/t8-,16?/m1/s1. The number of carbonyl (C=O) groups is 1. The molecule has 1 rings (SSSR count). The molecule has 1 heterocycles. The first-order valence-electron chi connectivity index (χ1n) is 5.28. The van der Waals surface area contributed by atoms with E-state index in [0.717, 1.165) is 12.8 Å². The van der Waals surface area contributed by atoms with E-state index in [1.54, 1.807) is 0 Å². The van der Waals surface area contributed by atoms with Crippen LogP contribution in [0.5, 0.6) is 0 Å². The van der Waals surface area contributed by atoms with Crippen molar-refractivity contribution in [2.45, 2.75) is 44.4 Å². The number of amides is 1. The average Bonchev–Trinajstić information content (AvgIpc) is 2.60. The molecule has 16 heavy (non-hydrogen) atoms. The van der Waals surface area contributed by atoms with Crippen LogP contribution in [0.1, 0.15) is 33.6 Å². The second-order valence-corrected chi connectivity index (χ2v) is 6.74. The molecule has 1 amide bonds. The first-order chi connectivity index (χ1) is 7.32. The van der Waals surface area contributed by atoms with Gasteiger partial charge in [-0.25, -0.2) is 4.79 Å². The van der Waals surface area contributed by atoms with Gasteiger partial charge in [0.15, 0.2) is 0 Å². The lowest BCUT2D eigenvalue weighted by Crippen LogP contribution is -2.36. The Balaban J connectivity index is 2.60. The van der Waals surface area contributed by atoms with E-state index < -0.39 is 22.2 Å². The van der Waals surface area contributed by atoms with Crippen LogP contribution in [0.4, 0.5) is 4.79 Å². The van der Waals surface area contributed by atoms with Crippen LogP contribution in [0, 0.1) is 0 Å². The Morgan fingerprint density at radius 1 is 1.62 bits per heavy atom. The minimum absolute atomic E-state index is 0.219. The summed E-state index contributed by atoms with van der Waals surface area (Å²) in [6.45, 7) is 6.05. The molecule has 1 fully saturated rings. The molecule has 0 bridgehead atoms. The van der Waals surface area contributed by atoms with Gasteiger partial charge in [0.2, 0.25) is 0 Å². The van der Waals surface area contributed by atoms with Crippen LogP contribution in [-0.2, 0) is 11.4 Å². The van der Waals surface area contributed by atoms with Crippen molar-refractivity contribution in [3.05, 3.63) is 0 Å². The van der Waals surface area contributed by atoms with Crippen molar-refractivity contribution in [2.75, 3.05) is 6.54 Å². The van der Waals surface area contributed by atoms with Crippen LogP contribution < -0.4 is 0 Å². The van der Waals surface area contributed by atoms with Crippen molar-refractivity contribution in [1.82, 2.24) is 4.90 Å². The van der Waals surface area contributed by atoms with Gasteiger partial charge in [-0.3, -0.25) is 0 Å². The summed E-state index contributed by atoms with van der Waals surface area (Å²) in [6, 6.07) is -0.219. The van der Waals surface area contributed by atoms with Crippen LogP contribution in [-0.4, -0.2) is 44.2 Å².